The van der Waals surface area contributed by atoms with Gasteiger partial charge in [0.05, 0.1) is 30.2 Å². The Kier molecular flexibility index (Phi) is 10.6. The Hall–Kier alpha value is -6.43. The van der Waals surface area contributed by atoms with Crippen molar-refractivity contribution >= 4 is 60.1 Å². The summed E-state index contributed by atoms with van der Waals surface area (Å²) in [7, 11) is 5.13. The average Bonchev–Trinajstić information content (AvgIpc) is 4.09. The number of benzene rings is 1. The molecule has 6 heterocycles. The molecule has 0 aliphatic heterocycles. The molecule has 0 atom stereocenters. The molecule has 60 heavy (non-hydrogen) atoms. The first kappa shape index (κ1) is 39.1. The molecule has 0 saturated heterocycles. The lowest BCUT2D eigenvalue weighted by Gasteiger charge is -2.13. The number of alkyl halides is 3. The molecule has 17 heteroatoms. The van der Waals surface area contributed by atoms with Crippen molar-refractivity contribution in [2.24, 2.45) is 7.05 Å². The van der Waals surface area contributed by atoms with Crippen molar-refractivity contribution in [2.45, 2.75) is 25.7 Å². The summed E-state index contributed by atoms with van der Waals surface area (Å²) in [5.74, 6) is 3.27. The van der Waals surface area contributed by atoms with Crippen LogP contribution in [0.15, 0.2) is 103 Å². The maximum atomic E-state index is 13.7. The van der Waals surface area contributed by atoms with Gasteiger partial charge in [0.25, 0.3) is 0 Å². The van der Waals surface area contributed by atoms with Gasteiger partial charge in [0.2, 0.25) is 5.88 Å². The molecule has 0 fully saturated rings. The van der Waals surface area contributed by atoms with Gasteiger partial charge in [0.1, 0.15) is 21.1 Å². The van der Waals surface area contributed by atoms with Crippen molar-refractivity contribution < 1.29 is 27.4 Å². The number of imidazole rings is 2. The SMILES string of the molecule is COCCNc1nc(-c2nccn2COc2nc(-c3nccn3C)nc3c(-c4cccc(C(F)(F)F)c4)csc23)nc2sc(=C3C=CC(OC)=CC3)c(=C3C=CC=CC3)c12. The van der Waals surface area contributed by atoms with E-state index in [2.05, 4.69) is 39.6 Å². The third-order valence-electron chi connectivity index (χ3n) is 10.0. The number of nitrogens with zero attached hydrogens (tertiary/aromatic N) is 8. The van der Waals surface area contributed by atoms with E-state index in [0.717, 1.165) is 55.4 Å². The monoisotopic (exact) mass is 847 g/mol. The second-order valence-electron chi connectivity index (χ2n) is 13.8. The molecule has 1 N–H and O–H groups in total. The van der Waals surface area contributed by atoms with Crippen molar-refractivity contribution in [3.05, 3.63) is 118 Å². The standard InChI is InChI=1S/C43H36F3N9O3S2/c1-54-19-16-48-39(54)37-50-33-30(27-10-7-11-28(22-27)43(44,45)46)23-59-35(33)41(52-37)58-24-55-20-17-49-40(55)38-51-36(47-18-21-56-2)32-31(25-8-5-4-6-9-25)34(60-42(32)53-38)26-12-14-29(57-3)15-13-26/h4-8,10-12,14-17,19-20,22-23H,9,13,18,21,24H2,1-3H3,(H,47,51,53). The van der Waals surface area contributed by atoms with E-state index < -0.39 is 11.7 Å². The number of fused-ring (bicyclic) bond motifs is 2. The molecule has 0 bridgehead atoms. The van der Waals surface area contributed by atoms with Gasteiger partial charge in [-0.25, -0.2) is 24.9 Å². The van der Waals surface area contributed by atoms with Gasteiger partial charge in [-0.15, -0.1) is 22.7 Å². The van der Waals surface area contributed by atoms with E-state index in [0.29, 0.717) is 64.2 Å². The van der Waals surface area contributed by atoms with E-state index in [1.165, 1.54) is 17.4 Å². The average molecular weight is 848 g/mol. The number of ether oxygens (including phenoxy) is 3. The second-order valence-corrected chi connectivity index (χ2v) is 15.7. The van der Waals surface area contributed by atoms with Crippen molar-refractivity contribution in [3.63, 3.8) is 0 Å². The predicted molar refractivity (Wildman–Crippen MR) is 227 cm³/mol. The third kappa shape index (κ3) is 7.50. The fourth-order valence-corrected chi connectivity index (χ4v) is 9.27. The zero-order valence-corrected chi connectivity index (χ0v) is 34.2. The molecule has 2 aliphatic rings. The fraction of sp³-hybridized carbons (Fsp3) is 0.209. The van der Waals surface area contributed by atoms with Crippen LogP contribution in [0, 0.1) is 0 Å². The van der Waals surface area contributed by atoms with Crippen molar-refractivity contribution in [3.8, 4) is 40.3 Å². The van der Waals surface area contributed by atoms with Crippen LogP contribution in [0.3, 0.4) is 0 Å². The maximum Gasteiger partial charge on any atom is 0.416 e. The number of rotatable bonds is 11. The second kappa shape index (κ2) is 16.3. The number of hydrogen-bond donors (Lipinski definition) is 1. The number of hydrogen-bond acceptors (Lipinski definition) is 12. The highest BCUT2D eigenvalue weighted by Crippen LogP contribution is 2.40. The fourth-order valence-electron chi connectivity index (χ4n) is 7.07. The van der Waals surface area contributed by atoms with E-state index in [1.54, 1.807) is 70.9 Å². The molecular weight excluding hydrogens is 812 g/mol. The van der Waals surface area contributed by atoms with Crippen LogP contribution in [0.25, 0.3) is 66.0 Å². The molecule has 0 unspecified atom stereocenters. The summed E-state index contributed by atoms with van der Waals surface area (Å²) in [5.41, 5.74) is 2.89. The largest absolute Gasteiger partial charge is 0.497 e. The lowest BCUT2D eigenvalue weighted by atomic mass is 10.0. The minimum Gasteiger partial charge on any atom is -0.497 e. The first-order chi connectivity index (χ1) is 29.2. The van der Waals surface area contributed by atoms with Crippen LogP contribution in [-0.4, -0.2) is 66.4 Å². The number of halogens is 3. The topological polar surface area (TPSA) is 127 Å². The number of allylic oxidation sites excluding steroid dienone is 7. The molecule has 12 nitrogen and oxygen atoms in total. The Labute approximate surface area is 349 Å². The maximum absolute atomic E-state index is 13.7. The zero-order valence-electron chi connectivity index (χ0n) is 32.5. The van der Waals surface area contributed by atoms with E-state index in [1.807, 2.05) is 25.3 Å². The first-order valence-electron chi connectivity index (χ1n) is 18.8. The summed E-state index contributed by atoms with van der Waals surface area (Å²) in [6, 6.07) is 5.19. The highest BCUT2D eigenvalue weighted by Gasteiger charge is 2.31. The molecule has 0 spiro atoms. The molecule has 0 amide bonds. The number of aromatic nitrogens is 8. The smallest absolute Gasteiger partial charge is 0.416 e. The van der Waals surface area contributed by atoms with Crippen molar-refractivity contribution in [1.29, 1.82) is 0 Å². The van der Waals surface area contributed by atoms with Gasteiger partial charge in [0, 0.05) is 66.2 Å². The van der Waals surface area contributed by atoms with Crippen LogP contribution in [0.5, 0.6) is 5.88 Å². The molecule has 0 radical (unpaired) electrons. The van der Waals surface area contributed by atoms with E-state index in [4.69, 9.17) is 34.1 Å². The Morgan fingerprint density at radius 3 is 2.52 bits per heavy atom. The summed E-state index contributed by atoms with van der Waals surface area (Å²) < 4.78 is 63.8. The number of methoxy groups -OCH3 is 2. The summed E-state index contributed by atoms with van der Waals surface area (Å²) in [6.45, 7) is 0.932. The number of nitrogens with one attached hydrogen (secondary N) is 1. The highest BCUT2D eigenvalue weighted by atomic mass is 32.1. The van der Waals surface area contributed by atoms with Gasteiger partial charge in [-0.05, 0) is 53.8 Å². The van der Waals surface area contributed by atoms with Crippen molar-refractivity contribution in [1.82, 2.24) is 39.0 Å². The van der Waals surface area contributed by atoms with Crippen LogP contribution in [-0.2, 0) is 29.4 Å². The Balaban J connectivity index is 1.14. The number of aryl methyl sites for hydroxylation is 1. The van der Waals surface area contributed by atoms with Gasteiger partial charge < -0.3 is 24.1 Å². The van der Waals surface area contributed by atoms with Crippen LogP contribution < -0.4 is 19.8 Å². The molecule has 9 rings (SSSR count). The molecular formula is C43H36F3N9O3S2. The lowest BCUT2D eigenvalue weighted by molar-refractivity contribution is -0.137. The highest BCUT2D eigenvalue weighted by molar-refractivity contribution is 7.18. The van der Waals surface area contributed by atoms with Crippen LogP contribution in [0.2, 0.25) is 0 Å². The Morgan fingerprint density at radius 1 is 0.917 bits per heavy atom. The molecule has 304 valence electrons. The third-order valence-corrected chi connectivity index (χ3v) is 12.1. The molecule has 7 aromatic rings. The normalized spacial score (nSPS) is 15.9. The minimum atomic E-state index is -4.50. The Bertz CT molecular complexity index is 3030. The van der Waals surface area contributed by atoms with E-state index in [9.17, 15) is 13.2 Å². The van der Waals surface area contributed by atoms with Gasteiger partial charge in [-0.2, -0.15) is 18.2 Å². The van der Waals surface area contributed by atoms with E-state index in [-0.39, 0.29) is 18.4 Å². The molecule has 2 aliphatic carbocycles. The molecule has 6 aromatic heterocycles. The number of thiophene rings is 2. The summed E-state index contributed by atoms with van der Waals surface area (Å²) in [6.07, 6.45) is 18.3. The predicted octanol–water partition coefficient (Wildman–Crippen LogP) is 8.05. The van der Waals surface area contributed by atoms with Crippen LogP contribution in [0.1, 0.15) is 18.4 Å². The van der Waals surface area contributed by atoms with Gasteiger partial charge in [-0.1, -0.05) is 42.5 Å². The van der Waals surface area contributed by atoms with Crippen LogP contribution in [0.4, 0.5) is 19.0 Å². The summed E-state index contributed by atoms with van der Waals surface area (Å²) in [4.78, 5) is 29.7. The summed E-state index contributed by atoms with van der Waals surface area (Å²) >= 11 is 2.89. The molecule has 1 aromatic carbocycles. The number of anilines is 1. The summed E-state index contributed by atoms with van der Waals surface area (Å²) in [5, 5.41) is 7.28. The zero-order chi connectivity index (χ0) is 41.4. The van der Waals surface area contributed by atoms with Gasteiger partial charge >= 0.3 is 6.18 Å². The lowest BCUT2D eigenvalue weighted by Crippen LogP contribution is -2.25. The van der Waals surface area contributed by atoms with Crippen LogP contribution >= 0.6 is 22.7 Å². The van der Waals surface area contributed by atoms with Crippen molar-refractivity contribution in [2.75, 3.05) is 32.7 Å². The van der Waals surface area contributed by atoms with Gasteiger partial charge in [-0.3, -0.25) is 4.57 Å². The quantitative estimate of drug-likeness (QED) is 0.128. The minimum absolute atomic E-state index is 0.0427. The van der Waals surface area contributed by atoms with Gasteiger partial charge in [0.15, 0.2) is 30.0 Å². The Morgan fingerprint density at radius 2 is 1.77 bits per heavy atom. The first-order valence-corrected chi connectivity index (χ1v) is 20.5. The molecule has 0 saturated carbocycles. The van der Waals surface area contributed by atoms with E-state index >= 15 is 0 Å².